The Balaban J connectivity index is 0.00000196. The van der Waals surface area contributed by atoms with Gasteiger partial charge in [0.1, 0.15) is 0 Å². The van der Waals surface area contributed by atoms with E-state index < -0.39 is 0 Å². The maximum absolute atomic E-state index is 5.50. The summed E-state index contributed by atoms with van der Waals surface area (Å²) in [6.45, 7) is 0.955. The lowest BCUT2D eigenvalue weighted by molar-refractivity contribution is 0.173. The number of pyridine rings is 1. The van der Waals surface area contributed by atoms with E-state index in [4.69, 9.17) is 9.47 Å². The molecule has 0 radical (unpaired) electrons. The molecule has 0 spiro atoms. The Morgan fingerprint density at radius 1 is 1.04 bits per heavy atom. The molecule has 3 aromatic rings. The van der Waals surface area contributed by atoms with Crippen LogP contribution in [0.15, 0.2) is 71.3 Å². The van der Waals surface area contributed by atoms with Crippen LogP contribution in [0.2, 0.25) is 0 Å². The Bertz CT molecular complexity index is 823. The summed E-state index contributed by atoms with van der Waals surface area (Å²) in [4.78, 5) is 4.53. The molecule has 1 aromatic heterocycles. The fraction of sp³-hybridized carbons (Fsp3) is 0.150. The Kier molecular flexibility index (Phi) is 6.14. The fourth-order valence-electron chi connectivity index (χ4n) is 2.93. The first-order chi connectivity index (χ1) is 12.3. The van der Waals surface area contributed by atoms with Gasteiger partial charge in [-0.15, -0.1) is 12.4 Å². The number of halogens is 2. The van der Waals surface area contributed by atoms with Crippen LogP contribution in [0, 0.1) is 0 Å². The summed E-state index contributed by atoms with van der Waals surface area (Å²) in [6, 6.07) is 20.4. The zero-order valence-electron chi connectivity index (χ0n) is 13.9. The first-order valence-corrected chi connectivity index (χ1v) is 8.88. The molecule has 26 heavy (non-hydrogen) atoms. The van der Waals surface area contributed by atoms with Gasteiger partial charge < -0.3 is 14.8 Å². The monoisotopic (exact) mass is 432 g/mol. The van der Waals surface area contributed by atoms with Crippen LogP contribution in [0.3, 0.4) is 0 Å². The van der Waals surface area contributed by atoms with E-state index in [1.807, 2.05) is 48.7 Å². The smallest absolute Gasteiger partial charge is 0.231 e. The second-order valence-electron chi connectivity index (χ2n) is 5.79. The number of nitrogens with zero attached hydrogens (tertiary/aromatic N) is 1. The minimum absolute atomic E-state index is 0. The molecule has 1 atom stereocenters. The lowest BCUT2D eigenvalue weighted by atomic mass is 10.0. The number of hydrogen-bond acceptors (Lipinski definition) is 4. The summed E-state index contributed by atoms with van der Waals surface area (Å²) in [5, 5.41) is 3.61. The van der Waals surface area contributed by atoms with Crippen molar-refractivity contribution in [1.29, 1.82) is 0 Å². The van der Waals surface area contributed by atoms with Crippen LogP contribution in [-0.4, -0.2) is 11.8 Å². The average Bonchev–Trinajstić information content (AvgIpc) is 3.13. The number of benzene rings is 2. The molecule has 134 valence electrons. The van der Waals surface area contributed by atoms with Gasteiger partial charge in [-0.25, -0.2) is 0 Å². The molecule has 6 heteroatoms. The molecule has 0 amide bonds. The van der Waals surface area contributed by atoms with Crippen molar-refractivity contribution >= 4 is 28.3 Å². The van der Waals surface area contributed by atoms with E-state index in [0.29, 0.717) is 6.54 Å². The van der Waals surface area contributed by atoms with Crippen LogP contribution in [0.1, 0.15) is 22.9 Å². The Hall–Kier alpha value is -2.08. The minimum Gasteiger partial charge on any atom is -0.454 e. The standard InChI is InChI=1S/C20H17BrN2O2.ClH/c21-16-10-14(11-18-20(16)25-13-24-18)12-23-19(15-6-2-1-3-7-15)17-8-4-5-9-22-17;/h1-11,19,23H,12-13H2;1H. The summed E-state index contributed by atoms with van der Waals surface area (Å²) in [5.74, 6) is 1.55. The first-order valence-electron chi connectivity index (χ1n) is 8.08. The van der Waals surface area contributed by atoms with Crippen LogP contribution < -0.4 is 14.8 Å². The van der Waals surface area contributed by atoms with Gasteiger partial charge >= 0.3 is 0 Å². The maximum atomic E-state index is 5.50. The molecule has 1 N–H and O–H groups in total. The number of aromatic nitrogens is 1. The fourth-order valence-corrected chi connectivity index (χ4v) is 3.53. The predicted molar refractivity (Wildman–Crippen MR) is 107 cm³/mol. The molecule has 4 nitrogen and oxygen atoms in total. The first kappa shape index (κ1) is 18.7. The highest BCUT2D eigenvalue weighted by Gasteiger charge is 2.19. The van der Waals surface area contributed by atoms with Crippen LogP contribution in [0.25, 0.3) is 0 Å². The molecule has 2 heterocycles. The van der Waals surface area contributed by atoms with E-state index in [1.54, 1.807) is 0 Å². The summed E-state index contributed by atoms with van der Waals surface area (Å²) >= 11 is 3.55. The third-order valence-electron chi connectivity index (χ3n) is 4.11. The molecular weight excluding hydrogens is 416 g/mol. The van der Waals surface area contributed by atoms with Crippen molar-refractivity contribution in [2.75, 3.05) is 6.79 Å². The number of nitrogens with one attached hydrogen (secondary N) is 1. The largest absolute Gasteiger partial charge is 0.454 e. The maximum Gasteiger partial charge on any atom is 0.231 e. The molecule has 1 unspecified atom stereocenters. The predicted octanol–water partition coefficient (Wildman–Crippen LogP) is 4.87. The number of fused-ring (bicyclic) bond motifs is 1. The summed E-state index contributed by atoms with van der Waals surface area (Å²) in [7, 11) is 0. The van der Waals surface area contributed by atoms with Crippen LogP contribution in [-0.2, 0) is 6.54 Å². The molecule has 2 aromatic carbocycles. The van der Waals surface area contributed by atoms with Gasteiger partial charge in [-0.3, -0.25) is 4.98 Å². The zero-order chi connectivity index (χ0) is 17.1. The third-order valence-corrected chi connectivity index (χ3v) is 4.70. The quantitative estimate of drug-likeness (QED) is 0.623. The molecule has 0 saturated carbocycles. The van der Waals surface area contributed by atoms with Crippen molar-refractivity contribution in [3.63, 3.8) is 0 Å². The number of hydrogen-bond donors (Lipinski definition) is 1. The third kappa shape index (κ3) is 4.01. The van der Waals surface area contributed by atoms with E-state index in [0.717, 1.165) is 27.2 Å². The van der Waals surface area contributed by atoms with Gasteiger partial charge in [-0.2, -0.15) is 0 Å². The molecule has 0 fully saturated rings. The van der Waals surface area contributed by atoms with Crippen LogP contribution >= 0.6 is 28.3 Å². The number of ether oxygens (including phenoxy) is 2. The van der Waals surface area contributed by atoms with Crippen molar-refractivity contribution in [2.45, 2.75) is 12.6 Å². The Morgan fingerprint density at radius 2 is 1.85 bits per heavy atom. The van der Waals surface area contributed by atoms with Gasteiger partial charge in [-0.1, -0.05) is 36.4 Å². The highest BCUT2D eigenvalue weighted by atomic mass is 79.9. The summed E-state index contributed by atoms with van der Waals surface area (Å²) in [6.07, 6.45) is 1.82. The second kappa shape index (κ2) is 8.54. The second-order valence-corrected chi connectivity index (χ2v) is 6.64. The van der Waals surface area contributed by atoms with E-state index in [2.05, 4.69) is 44.4 Å². The van der Waals surface area contributed by atoms with Crippen LogP contribution in [0.5, 0.6) is 11.5 Å². The Morgan fingerprint density at radius 3 is 2.62 bits per heavy atom. The van der Waals surface area contributed by atoms with E-state index in [9.17, 15) is 0 Å². The van der Waals surface area contributed by atoms with Crippen LogP contribution in [0.4, 0.5) is 0 Å². The SMILES string of the molecule is Brc1cc(CNC(c2ccccc2)c2ccccn2)cc2c1OCO2.Cl. The number of rotatable bonds is 5. The molecule has 0 aliphatic carbocycles. The summed E-state index contributed by atoms with van der Waals surface area (Å²) in [5.41, 5.74) is 3.29. The zero-order valence-corrected chi connectivity index (χ0v) is 16.3. The summed E-state index contributed by atoms with van der Waals surface area (Å²) < 4.78 is 11.9. The minimum atomic E-state index is 0. The molecule has 1 aliphatic heterocycles. The average molecular weight is 434 g/mol. The Labute approximate surface area is 167 Å². The van der Waals surface area contributed by atoms with E-state index in [1.165, 1.54) is 5.56 Å². The van der Waals surface area contributed by atoms with Gasteiger partial charge in [0.15, 0.2) is 11.5 Å². The lowest BCUT2D eigenvalue weighted by Crippen LogP contribution is -2.22. The van der Waals surface area contributed by atoms with Crippen molar-refractivity contribution in [2.24, 2.45) is 0 Å². The van der Waals surface area contributed by atoms with Crippen molar-refractivity contribution in [1.82, 2.24) is 10.3 Å². The molecular formula is C20H18BrClN2O2. The normalized spacial score (nSPS) is 13.1. The van der Waals surface area contributed by atoms with Gasteiger partial charge in [0.05, 0.1) is 16.2 Å². The van der Waals surface area contributed by atoms with Crippen molar-refractivity contribution in [3.8, 4) is 11.5 Å². The molecule has 0 bridgehead atoms. The topological polar surface area (TPSA) is 43.4 Å². The highest BCUT2D eigenvalue weighted by molar-refractivity contribution is 9.10. The van der Waals surface area contributed by atoms with Gasteiger partial charge in [0.25, 0.3) is 0 Å². The lowest BCUT2D eigenvalue weighted by Gasteiger charge is -2.19. The van der Waals surface area contributed by atoms with E-state index in [-0.39, 0.29) is 25.2 Å². The van der Waals surface area contributed by atoms with Crippen molar-refractivity contribution < 1.29 is 9.47 Å². The van der Waals surface area contributed by atoms with Gasteiger partial charge in [0.2, 0.25) is 6.79 Å². The van der Waals surface area contributed by atoms with E-state index >= 15 is 0 Å². The molecule has 1 aliphatic rings. The van der Waals surface area contributed by atoms with Gasteiger partial charge in [-0.05, 0) is 51.3 Å². The highest BCUT2D eigenvalue weighted by Crippen LogP contribution is 2.40. The van der Waals surface area contributed by atoms with Gasteiger partial charge in [0, 0.05) is 12.7 Å². The molecule has 4 rings (SSSR count). The van der Waals surface area contributed by atoms with Crippen molar-refractivity contribution in [3.05, 3.63) is 88.2 Å². The molecule has 0 saturated heterocycles.